The second-order valence-electron chi connectivity index (χ2n) is 3.98. The molecule has 5 nitrogen and oxygen atoms in total. The molecule has 0 aromatic carbocycles. The van der Waals surface area contributed by atoms with Gasteiger partial charge in [-0.3, -0.25) is 0 Å². The van der Waals surface area contributed by atoms with Crippen molar-refractivity contribution in [2.75, 3.05) is 25.6 Å². The molecule has 1 aromatic rings. The van der Waals surface area contributed by atoms with Crippen LogP contribution in [0.3, 0.4) is 0 Å². The maximum atomic E-state index is 5.93. The van der Waals surface area contributed by atoms with Crippen molar-refractivity contribution in [1.82, 2.24) is 9.97 Å². The molecule has 2 rings (SSSR count). The molecular weight excluding hydrogens is 242 g/mol. The number of anilines is 1. The van der Waals surface area contributed by atoms with Gasteiger partial charge in [-0.1, -0.05) is 11.6 Å². The number of rotatable bonds is 4. The van der Waals surface area contributed by atoms with Crippen LogP contribution in [-0.4, -0.2) is 36.3 Å². The third-order valence-corrected chi connectivity index (χ3v) is 2.72. The lowest BCUT2D eigenvalue weighted by atomic mass is 10.1. The third-order valence-electron chi connectivity index (χ3n) is 2.53. The van der Waals surface area contributed by atoms with E-state index in [0.717, 1.165) is 25.3 Å². The lowest BCUT2D eigenvalue weighted by molar-refractivity contribution is 0.0875. The van der Waals surface area contributed by atoms with E-state index in [0.29, 0.717) is 30.2 Å². The van der Waals surface area contributed by atoms with Crippen LogP contribution in [0, 0.1) is 0 Å². The monoisotopic (exact) mass is 257 g/mol. The van der Waals surface area contributed by atoms with E-state index in [4.69, 9.17) is 21.1 Å². The summed E-state index contributed by atoms with van der Waals surface area (Å²) in [5, 5.41) is 3.73. The lowest BCUT2D eigenvalue weighted by Crippen LogP contribution is -2.30. The first-order valence-corrected chi connectivity index (χ1v) is 6.02. The first-order valence-electron chi connectivity index (χ1n) is 5.64. The minimum Gasteiger partial charge on any atom is -0.379 e. The fourth-order valence-electron chi connectivity index (χ4n) is 1.80. The van der Waals surface area contributed by atoms with E-state index in [-0.39, 0.29) is 0 Å². The highest BCUT2D eigenvalue weighted by atomic mass is 35.5. The van der Waals surface area contributed by atoms with Crippen LogP contribution in [0.25, 0.3) is 0 Å². The van der Waals surface area contributed by atoms with Crippen LogP contribution in [0.15, 0.2) is 6.07 Å². The summed E-state index contributed by atoms with van der Waals surface area (Å²) in [6.07, 6.45) is 2.16. The lowest BCUT2D eigenvalue weighted by Gasteiger charge is -2.23. The van der Waals surface area contributed by atoms with Crippen LogP contribution in [0.5, 0.6) is 0 Å². The van der Waals surface area contributed by atoms with E-state index < -0.39 is 0 Å². The molecule has 1 aliphatic rings. The maximum absolute atomic E-state index is 5.93. The first kappa shape index (κ1) is 12.5. The zero-order valence-corrected chi connectivity index (χ0v) is 10.5. The van der Waals surface area contributed by atoms with Gasteiger partial charge in [0.05, 0.1) is 12.6 Å². The van der Waals surface area contributed by atoms with E-state index >= 15 is 0 Å². The summed E-state index contributed by atoms with van der Waals surface area (Å²) in [4.78, 5) is 8.40. The quantitative estimate of drug-likeness (QED) is 0.835. The third kappa shape index (κ3) is 3.80. The summed E-state index contributed by atoms with van der Waals surface area (Å²) in [5.41, 5.74) is 0. The minimum atomic E-state index is 0.296. The SMILES string of the molecule is COCc1nc(Cl)cc(NC2CCCOC2)n1. The molecule has 94 valence electrons. The minimum absolute atomic E-state index is 0.296. The summed E-state index contributed by atoms with van der Waals surface area (Å²) in [7, 11) is 1.60. The van der Waals surface area contributed by atoms with Crippen molar-refractivity contribution in [3.8, 4) is 0 Å². The highest BCUT2D eigenvalue weighted by Gasteiger charge is 2.14. The van der Waals surface area contributed by atoms with Gasteiger partial charge in [0, 0.05) is 19.8 Å². The predicted molar refractivity (Wildman–Crippen MR) is 65.2 cm³/mol. The van der Waals surface area contributed by atoms with Crippen LogP contribution >= 0.6 is 11.6 Å². The van der Waals surface area contributed by atoms with Crippen molar-refractivity contribution in [3.63, 3.8) is 0 Å². The molecule has 0 amide bonds. The Morgan fingerprint density at radius 2 is 2.47 bits per heavy atom. The van der Waals surface area contributed by atoms with Gasteiger partial charge in [-0.05, 0) is 12.8 Å². The van der Waals surface area contributed by atoms with Gasteiger partial charge in [-0.2, -0.15) is 0 Å². The Hall–Kier alpha value is -0.910. The van der Waals surface area contributed by atoms with Gasteiger partial charge in [0.25, 0.3) is 0 Å². The fraction of sp³-hybridized carbons (Fsp3) is 0.636. The summed E-state index contributed by atoms with van der Waals surface area (Å²) < 4.78 is 10.4. The van der Waals surface area contributed by atoms with Crippen molar-refractivity contribution in [2.24, 2.45) is 0 Å². The zero-order chi connectivity index (χ0) is 12.1. The molecule has 17 heavy (non-hydrogen) atoms. The predicted octanol–water partition coefficient (Wildman–Crippen LogP) is 1.87. The average Bonchev–Trinajstić information content (AvgIpc) is 2.30. The largest absolute Gasteiger partial charge is 0.379 e. The number of methoxy groups -OCH3 is 1. The Morgan fingerprint density at radius 1 is 1.59 bits per heavy atom. The molecule has 6 heteroatoms. The molecule has 0 saturated carbocycles. The molecule has 0 bridgehead atoms. The fourth-order valence-corrected chi connectivity index (χ4v) is 2.00. The molecular formula is C11H16ClN3O2. The standard InChI is InChI=1S/C11H16ClN3O2/c1-16-7-11-14-9(12)5-10(15-11)13-8-3-2-4-17-6-8/h5,8H,2-4,6-7H2,1H3,(H,13,14,15). The molecule has 1 saturated heterocycles. The Bertz CT molecular complexity index is 370. The molecule has 2 heterocycles. The molecule has 1 aromatic heterocycles. The Balaban J connectivity index is 2.03. The summed E-state index contributed by atoms with van der Waals surface area (Å²) in [5.74, 6) is 1.31. The Morgan fingerprint density at radius 3 is 3.18 bits per heavy atom. The van der Waals surface area contributed by atoms with Crippen LogP contribution in [0.4, 0.5) is 5.82 Å². The van der Waals surface area contributed by atoms with Crippen LogP contribution in [0.1, 0.15) is 18.7 Å². The molecule has 1 unspecified atom stereocenters. The number of nitrogens with zero attached hydrogens (tertiary/aromatic N) is 2. The topological polar surface area (TPSA) is 56.3 Å². The van der Waals surface area contributed by atoms with Crippen molar-refractivity contribution in [3.05, 3.63) is 17.0 Å². The number of halogens is 1. The highest BCUT2D eigenvalue weighted by Crippen LogP contribution is 2.16. The molecule has 1 fully saturated rings. The van der Waals surface area contributed by atoms with E-state index in [1.165, 1.54) is 0 Å². The smallest absolute Gasteiger partial charge is 0.158 e. The Kier molecular flexibility index (Phi) is 4.53. The van der Waals surface area contributed by atoms with Crippen molar-refractivity contribution in [2.45, 2.75) is 25.5 Å². The highest BCUT2D eigenvalue weighted by molar-refractivity contribution is 6.29. The number of ether oxygens (including phenoxy) is 2. The van der Waals surface area contributed by atoms with E-state index in [9.17, 15) is 0 Å². The van der Waals surface area contributed by atoms with Gasteiger partial charge in [0.1, 0.15) is 17.6 Å². The average molecular weight is 258 g/mol. The van der Waals surface area contributed by atoms with Crippen molar-refractivity contribution >= 4 is 17.4 Å². The van der Waals surface area contributed by atoms with Crippen LogP contribution in [-0.2, 0) is 16.1 Å². The van der Waals surface area contributed by atoms with E-state index in [1.807, 2.05) is 0 Å². The normalized spacial score (nSPS) is 20.2. The summed E-state index contributed by atoms with van der Waals surface area (Å²) >= 11 is 5.93. The summed E-state index contributed by atoms with van der Waals surface area (Å²) in [6.45, 7) is 1.91. The molecule has 1 atom stereocenters. The van der Waals surface area contributed by atoms with Gasteiger partial charge in [0.15, 0.2) is 5.82 Å². The van der Waals surface area contributed by atoms with Crippen LogP contribution in [0.2, 0.25) is 5.15 Å². The van der Waals surface area contributed by atoms with Gasteiger partial charge < -0.3 is 14.8 Å². The molecule has 1 aliphatic heterocycles. The zero-order valence-electron chi connectivity index (χ0n) is 9.78. The van der Waals surface area contributed by atoms with Gasteiger partial charge in [-0.25, -0.2) is 9.97 Å². The molecule has 0 aliphatic carbocycles. The second kappa shape index (κ2) is 6.14. The first-order chi connectivity index (χ1) is 8.28. The molecule has 1 N–H and O–H groups in total. The van der Waals surface area contributed by atoms with Gasteiger partial charge in [0.2, 0.25) is 0 Å². The van der Waals surface area contributed by atoms with Gasteiger partial charge >= 0.3 is 0 Å². The van der Waals surface area contributed by atoms with Crippen molar-refractivity contribution < 1.29 is 9.47 Å². The molecule has 0 spiro atoms. The second-order valence-corrected chi connectivity index (χ2v) is 4.37. The number of hydrogen-bond acceptors (Lipinski definition) is 5. The van der Waals surface area contributed by atoms with Crippen molar-refractivity contribution in [1.29, 1.82) is 0 Å². The Labute approximate surface area is 105 Å². The number of aromatic nitrogens is 2. The van der Waals surface area contributed by atoms with Crippen LogP contribution < -0.4 is 5.32 Å². The number of nitrogens with one attached hydrogen (secondary N) is 1. The van der Waals surface area contributed by atoms with E-state index in [2.05, 4.69) is 15.3 Å². The van der Waals surface area contributed by atoms with Gasteiger partial charge in [-0.15, -0.1) is 0 Å². The van der Waals surface area contributed by atoms with E-state index in [1.54, 1.807) is 13.2 Å². The molecule has 0 radical (unpaired) electrons. The maximum Gasteiger partial charge on any atom is 0.158 e. The summed E-state index contributed by atoms with van der Waals surface area (Å²) in [6, 6.07) is 2.01. The number of hydrogen-bond donors (Lipinski definition) is 1.